The molecule has 4 N–H and O–H groups in total. The second kappa shape index (κ2) is 32.4. The van der Waals surface area contributed by atoms with E-state index < -0.39 is 49.4 Å². The van der Waals surface area contributed by atoms with E-state index >= 15 is 0 Å². The molecule has 1 aliphatic heterocycles. The molecule has 0 saturated carbocycles. The molecule has 2 unspecified atom stereocenters. The van der Waals surface area contributed by atoms with Crippen LogP contribution in [-0.2, 0) is 28.5 Å². The molecule has 0 aromatic rings. The second-order valence-electron chi connectivity index (χ2n) is 14.5. The molecule has 0 aromatic heterocycles. The highest BCUT2D eigenvalue weighted by atomic mass is 16.7. The number of hydrogen-bond donors (Lipinski definition) is 4. The molecule has 1 rings (SSSR count). The molecule has 6 atom stereocenters. The van der Waals surface area contributed by atoms with Crippen molar-refractivity contribution in [3.63, 3.8) is 0 Å². The van der Waals surface area contributed by atoms with Gasteiger partial charge in [-0.1, -0.05) is 162 Å². The van der Waals surface area contributed by atoms with E-state index in [1.165, 1.54) is 116 Å². The minimum absolute atomic E-state index is 0.210. The van der Waals surface area contributed by atoms with E-state index in [2.05, 4.69) is 13.8 Å². The lowest BCUT2D eigenvalue weighted by atomic mass is 9.99. The summed E-state index contributed by atoms with van der Waals surface area (Å²) in [5, 5.41) is 39.9. The lowest BCUT2D eigenvalue weighted by molar-refractivity contribution is -0.305. The Morgan fingerprint density at radius 3 is 1.36 bits per heavy atom. The number of unbranched alkanes of at least 4 members (excludes halogenated alkanes) is 23. The van der Waals surface area contributed by atoms with E-state index in [1.54, 1.807) is 0 Å². The van der Waals surface area contributed by atoms with Crippen LogP contribution >= 0.6 is 0 Å². The van der Waals surface area contributed by atoms with Gasteiger partial charge in [0.2, 0.25) is 0 Å². The van der Waals surface area contributed by atoms with Gasteiger partial charge in [-0.3, -0.25) is 9.59 Å². The molecule has 0 aliphatic carbocycles. The number of carbonyl (C=O) groups excluding carboxylic acids is 2. The maximum atomic E-state index is 12.7. The largest absolute Gasteiger partial charge is 0.462 e. The van der Waals surface area contributed by atoms with Gasteiger partial charge in [-0.15, -0.1) is 0 Å². The molecule has 1 fully saturated rings. The van der Waals surface area contributed by atoms with Gasteiger partial charge in [0.25, 0.3) is 0 Å². The van der Waals surface area contributed by atoms with Gasteiger partial charge >= 0.3 is 11.9 Å². The highest BCUT2D eigenvalue weighted by molar-refractivity contribution is 5.70. The van der Waals surface area contributed by atoms with Crippen LogP contribution in [0.25, 0.3) is 0 Å². The van der Waals surface area contributed by atoms with Gasteiger partial charge in [0.1, 0.15) is 31.0 Å². The first-order chi connectivity index (χ1) is 24.3. The monoisotopic (exact) mass is 717 g/mol. The number of ether oxygens (including phenoxy) is 4. The average molecular weight is 717 g/mol. The summed E-state index contributed by atoms with van der Waals surface area (Å²) in [5.41, 5.74) is 0. The van der Waals surface area contributed by atoms with Crippen molar-refractivity contribution in [2.24, 2.45) is 0 Å². The molecule has 0 amide bonds. The first-order valence-electron chi connectivity index (χ1n) is 20.6. The van der Waals surface area contributed by atoms with Crippen LogP contribution in [0, 0.1) is 0 Å². The summed E-state index contributed by atoms with van der Waals surface area (Å²) < 4.78 is 22.1. The van der Waals surface area contributed by atoms with Crippen molar-refractivity contribution in [1.29, 1.82) is 0 Å². The third-order valence-electron chi connectivity index (χ3n) is 9.74. The smallest absolute Gasteiger partial charge is 0.306 e. The van der Waals surface area contributed by atoms with E-state index in [4.69, 9.17) is 18.9 Å². The molecule has 0 spiro atoms. The van der Waals surface area contributed by atoms with Crippen molar-refractivity contribution in [2.75, 3.05) is 19.8 Å². The molecule has 0 radical (unpaired) electrons. The predicted molar refractivity (Wildman–Crippen MR) is 197 cm³/mol. The van der Waals surface area contributed by atoms with Crippen molar-refractivity contribution >= 4 is 11.9 Å². The normalized spacial score (nSPS) is 21.3. The van der Waals surface area contributed by atoms with Crippen LogP contribution in [0.4, 0.5) is 0 Å². The first-order valence-corrected chi connectivity index (χ1v) is 20.6. The molecule has 10 nitrogen and oxygen atoms in total. The lowest BCUT2D eigenvalue weighted by Crippen LogP contribution is -2.59. The number of aliphatic hydroxyl groups excluding tert-OH is 4. The molecule has 0 aromatic carbocycles. The highest BCUT2D eigenvalue weighted by Gasteiger charge is 2.44. The number of carbonyl (C=O) groups is 2. The van der Waals surface area contributed by atoms with Crippen LogP contribution in [0.3, 0.4) is 0 Å². The van der Waals surface area contributed by atoms with Crippen LogP contribution in [-0.4, -0.2) is 89.0 Å². The van der Waals surface area contributed by atoms with Crippen LogP contribution in [0.15, 0.2) is 0 Å². The lowest BCUT2D eigenvalue weighted by Gasteiger charge is -2.39. The number of esters is 2. The second-order valence-corrected chi connectivity index (χ2v) is 14.5. The maximum absolute atomic E-state index is 12.7. The van der Waals surface area contributed by atoms with Crippen LogP contribution in [0.2, 0.25) is 0 Å². The Kier molecular flexibility index (Phi) is 30.2. The van der Waals surface area contributed by atoms with E-state index in [0.29, 0.717) is 6.42 Å². The zero-order chi connectivity index (χ0) is 36.7. The number of aliphatic hydroxyl groups is 4. The van der Waals surface area contributed by atoms with Gasteiger partial charge < -0.3 is 39.4 Å². The summed E-state index contributed by atoms with van der Waals surface area (Å²) in [6, 6.07) is 0. The number of hydrogen-bond acceptors (Lipinski definition) is 10. The van der Waals surface area contributed by atoms with Gasteiger partial charge in [-0.05, 0) is 12.8 Å². The molecule has 10 heteroatoms. The minimum Gasteiger partial charge on any atom is -0.462 e. The molecule has 1 saturated heterocycles. The highest BCUT2D eigenvalue weighted by Crippen LogP contribution is 2.23. The summed E-state index contributed by atoms with van der Waals surface area (Å²) in [6.07, 6.45) is 22.6. The molecule has 296 valence electrons. The fourth-order valence-electron chi connectivity index (χ4n) is 6.42. The van der Waals surface area contributed by atoms with E-state index in [1.807, 2.05) is 0 Å². The average Bonchev–Trinajstić information content (AvgIpc) is 3.11. The molecule has 1 heterocycles. The van der Waals surface area contributed by atoms with E-state index in [-0.39, 0.29) is 32.0 Å². The minimum atomic E-state index is -1.59. The van der Waals surface area contributed by atoms with Crippen molar-refractivity contribution in [2.45, 2.75) is 224 Å². The summed E-state index contributed by atoms with van der Waals surface area (Å²) in [4.78, 5) is 25.2. The zero-order valence-electron chi connectivity index (χ0n) is 31.9. The SMILES string of the molecule is CCCCCCCCCCCCCCCCCC(=O)OC[C@@H](CO[C@H]1O[C@@H](CO)[C@@H](O)C(O)C1O)OC(=O)CCCCCCCCCCCC. The maximum Gasteiger partial charge on any atom is 0.306 e. The van der Waals surface area contributed by atoms with Crippen molar-refractivity contribution < 1.29 is 49.0 Å². The molecule has 50 heavy (non-hydrogen) atoms. The van der Waals surface area contributed by atoms with Gasteiger partial charge in [0.05, 0.1) is 13.2 Å². The Morgan fingerprint density at radius 1 is 0.540 bits per heavy atom. The Hall–Kier alpha value is -1.30. The zero-order valence-corrected chi connectivity index (χ0v) is 31.9. The Balaban J connectivity index is 2.34. The fraction of sp³-hybridized carbons (Fsp3) is 0.950. The fourth-order valence-corrected chi connectivity index (χ4v) is 6.42. The van der Waals surface area contributed by atoms with E-state index in [9.17, 15) is 30.0 Å². The summed E-state index contributed by atoms with van der Waals surface area (Å²) in [7, 11) is 0. The Labute approximate surface area is 304 Å². The summed E-state index contributed by atoms with van der Waals surface area (Å²) in [5.74, 6) is -0.797. The van der Waals surface area contributed by atoms with Crippen LogP contribution in [0.1, 0.15) is 187 Å². The standard InChI is InChI=1S/C40H76O10/c1-3-5-7-9-11-13-15-16-17-18-19-21-22-24-26-28-35(42)47-31-33(32-48-40-39(46)38(45)37(44)34(30-41)50-40)49-36(43)29-27-25-23-20-14-12-10-8-6-4-2/h33-34,37-41,44-46H,3-32H2,1-2H3/t33-,34-,37+,38?,39?,40-/m0/s1. The quantitative estimate of drug-likeness (QED) is 0.0383. The van der Waals surface area contributed by atoms with Crippen molar-refractivity contribution in [3.8, 4) is 0 Å². The summed E-state index contributed by atoms with van der Waals surface area (Å²) in [6.45, 7) is 3.41. The topological polar surface area (TPSA) is 152 Å². The van der Waals surface area contributed by atoms with E-state index in [0.717, 1.165) is 38.5 Å². The Bertz CT molecular complexity index is 794. The molecular formula is C40H76O10. The van der Waals surface area contributed by atoms with Gasteiger partial charge in [0.15, 0.2) is 12.4 Å². The first kappa shape index (κ1) is 46.7. The van der Waals surface area contributed by atoms with Crippen LogP contribution in [0.5, 0.6) is 0 Å². The summed E-state index contributed by atoms with van der Waals surface area (Å²) >= 11 is 0. The Morgan fingerprint density at radius 2 is 0.940 bits per heavy atom. The third-order valence-corrected chi connectivity index (χ3v) is 9.74. The third kappa shape index (κ3) is 24.0. The predicted octanol–water partition coefficient (Wildman–Crippen LogP) is 7.83. The van der Waals surface area contributed by atoms with Crippen molar-refractivity contribution in [1.82, 2.24) is 0 Å². The number of rotatable bonds is 34. The van der Waals surface area contributed by atoms with Crippen LogP contribution < -0.4 is 0 Å². The molecule has 1 aliphatic rings. The molecular weight excluding hydrogens is 640 g/mol. The van der Waals surface area contributed by atoms with Crippen molar-refractivity contribution in [3.05, 3.63) is 0 Å². The van der Waals surface area contributed by atoms with Gasteiger partial charge in [-0.2, -0.15) is 0 Å². The molecule has 0 bridgehead atoms. The van der Waals surface area contributed by atoms with Gasteiger partial charge in [-0.25, -0.2) is 0 Å². The van der Waals surface area contributed by atoms with Gasteiger partial charge in [0, 0.05) is 12.8 Å².